The van der Waals surface area contributed by atoms with Crippen molar-refractivity contribution < 1.29 is 0 Å². The molecular formula is C12H21NS. The van der Waals surface area contributed by atoms with Crippen molar-refractivity contribution in [3.05, 3.63) is 21.9 Å². The van der Waals surface area contributed by atoms with Gasteiger partial charge in [0.15, 0.2) is 0 Å². The second-order valence-corrected chi connectivity index (χ2v) is 5.67. The molecule has 0 radical (unpaired) electrons. The molecular weight excluding hydrogens is 190 g/mol. The van der Waals surface area contributed by atoms with Crippen molar-refractivity contribution in [2.24, 2.45) is 5.41 Å². The Morgan fingerprint density at radius 3 is 2.50 bits per heavy atom. The van der Waals surface area contributed by atoms with Gasteiger partial charge >= 0.3 is 0 Å². The lowest BCUT2D eigenvalue weighted by Crippen LogP contribution is -2.31. The lowest BCUT2D eigenvalue weighted by molar-refractivity contribution is 0.246. The molecule has 0 amide bonds. The molecule has 1 rings (SSSR count). The minimum atomic E-state index is 0.322. The number of rotatable bonds is 4. The predicted octanol–water partition coefficient (Wildman–Crippen LogP) is 3.75. The van der Waals surface area contributed by atoms with E-state index >= 15 is 0 Å². The Morgan fingerprint density at radius 1 is 1.50 bits per heavy atom. The summed E-state index contributed by atoms with van der Waals surface area (Å²) in [5.41, 5.74) is 1.75. The molecule has 1 aromatic rings. The minimum absolute atomic E-state index is 0.322. The Bertz CT molecular complexity index is 288. The highest BCUT2D eigenvalue weighted by Crippen LogP contribution is 2.37. The summed E-state index contributed by atoms with van der Waals surface area (Å²) in [5, 5.41) is 5.70. The predicted molar refractivity (Wildman–Crippen MR) is 64.9 cm³/mol. The molecule has 0 saturated heterocycles. The highest BCUT2D eigenvalue weighted by Gasteiger charge is 2.28. The van der Waals surface area contributed by atoms with Crippen LogP contribution in [0.3, 0.4) is 0 Å². The van der Waals surface area contributed by atoms with Crippen LogP contribution in [0.15, 0.2) is 11.4 Å². The Kier molecular flexibility index (Phi) is 3.73. The normalized spacial score (nSPS) is 14.4. The van der Waals surface area contributed by atoms with Crippen LogP contribution >= 0.6 is 11.3 Å². The van der Waals surface area contributed by atoms with Crippen molar-refractivity contribution >= 4 is 11.3 Å². The zero-order valence-corrected chi connectivity index (χ0v) is 10.7. The fourth-order valence-corrected chi connectivity index (χ4v) is 2.56. The molecule has 0 aliphatic rings. The van der Waals surface area contributed by atoms with Crippen LogP contribution in [0.5, 0.6) is 0 Å². The van der Waals surface area contributed by atoms with E-state index in [4.69, 9.17) is 0 Å². The van der Waals surface area contributed by atoms with Crippen molar-refractivity contribution in [2.75, 3.05) is 7.05 Å². The van der Waals surface area contributed by atoms with Crippen LogP contribution in [0.4, 0.5) is 0 Å². The van der Waals surface area contributed by atoms with E-state index in [2.05, 4.69) is 51.5 Å². The molecule has 0 aliphatic carbocycles. The Balaban J connectivity index is 2.92. The van der Waals surface area contributed by atoms with Crippen molar-refractivity contribution in [3.63, 3.8) is 0 Å². The van der Waals surface area contributed by atoms with Gasteiger partial charge in [0.2, 0.25) is 0 Å². The molecule has 2 heteroatoms. The monoisotopic (exact) mass is 211 g/mol. The first kappa shape index (κ1) is 11.7. The summed E-state index contributed by atoms with van der Waals surface area (Å²) in [6.07, 6.45) is 1.19. The van der Waals surface area contributed by atoms with Gasteiger partial charge in [-0.05, 0) is 42.8 Å². The van der Waals surface area contributed by atoms with Crippen LogP contribution in [-0.4, -0.2) is 7.05 Å². The van der Waals surface area contributed by atoms with Crippen LogP contribution < -0.4 is 5.32 Å². The van der Waals surface area contributed by atoms with E-state index in [0.29, 0.717) is 11.5 Å². The molecule has 1 unspecified atom stereocenters. The summed E-state index contributed by atoms with van der Waals surface area (Å²) in [5.74, 6) is 0. The zero-order valence-electron chi connectivity index (χ0n) is 9.85. The van der Waals surface area contributed by atoms with Crippen molar-refractivity contribution in [1.82, 2.24) is 5.32 Å². The quantitative estimate of drug-likeness (QED) is 0.799. The number of aryl methyl sites for hydroxylation is 1. The average molecular weight is 211 g/mol. The molecule has 14 heavy (non-hydrogen) atoms. The first-order chi connectivity index (χ1) is 6.51. The highest BCUT2D eigenvalue weighted by atomic mass is 32.1. The van der Waals surface area contributed by atoms with E-state index in [1.54, 1.807) is 0 Å². The molecule has 0 bridgehead atoms. The maximum atomic E-state index is 3.43. The number of nitrogens with one attached hydrogen (secondary N) is 1. The van der Waals surface area contributed by atoms with Crippen LogP contribution in [-0.2, 0) is 0 Å². The van der Waals surface area contributed by atoms with Crippen LogP contribution in [0, 0.1) is 12.3 Å². The summed E-state index contributed by atoms with van der Waals surface area (Å²) in [6, 6.07) is 2.76. The van der Waals surface area contributed by atoms with Gasteiger partial charge in [-0.3, -0.25) is 0 Å². The van der Waals surface area contributed by atoms with Gasteiger partial charge in [-0.1, -0.05) is 20.8 Å². The van der Waals surface area contributed by atoms with Crippen LogP contribution in [0.25, 0.3) is 0 Å². The summed E-state index contributed by atoms with van der Waals surface area (Å²) >= 11 is 1.83. The van der Waals surface area contributed by atoms with Crippen molar-refractivity contribution in [2.45, 2.75) is 40.2 Å². The third-order valence-corrected chi connectivity index (χ3v) is 3.95. The van der Waals surface area contributed by atoms with E-state index < -0.39 is 0 Å². The van der Waals surface area contributed by atoms with Crippen LogP contribution in [0.1, 0.15) is 43.7 Å². The van der Waals surface area contributed by atoms with E-state index in [-0.39, 0.29) is 0 Å². The lowest BCUT2D eigenvalue weighted by Gasteiger charge is -2.33. The molecule has 1 atom stereocenters. The fourth-order valence-electron chi connectivity index (χ4n) is 1.83. The average Bonchev–Trinajstić information content (AvgIpc) is 2.53. The number of hydrogen-bond donors (Lipinski definition) is 1. The van der Waals surface area contributed by atoms with Crippen molar-refractivity contribution in [3.8, 4) is 0 Å². The molecule has 0 fully saturated rings. The van der Waals surface area contributed by atoms with Gasteiger partial charge in [0.1, 0.15) is 0 Å². The summed E-state index contributed by atoms with van der Waals surface area (Å²) in [7, 11) is 2.05. The largest absolute Gasteiger partial charge is 0.313 e. The van der Waals surface area contributed by atoms with Gasteiger partial charge in [-0.15, -0.1) is 11.3 Å². The number of thiophene rings is 1. The second kappa shape index (κ2) is 4.45. The summed E-state index contributed by atoms with van der Waals surface area (Å²) in [6.45, 7) is 9.06. The van der Waals surface area contributed by atoms with Gasteiger partial charge in [0.05, 0.1) is 0 Å². The topological polar surface area (TPSA) is 12.0 Å². The smallest absolute Gasteiger partial charge is 0.0377 e. The van der Waals surface area contributed by atoms with Crippen LogP contribution in [0.2, 0.25) is 0 Å². The fraction of sp³-hybridized carbons (Fsp3) is 0.667. The Labute approximate surface area is 91.5 Å². The lowest BCUT2D eigenvalue weighted by atomic mass is 9.79. The van der Waals surface area contributed by atoms with Gasteiger partial charge in [0.25, 0.3) is 0 Å². The maximum Gasteiger partial charge on any atom is 0.0377 e. The first-order valence-corrected chi connectivity index (χ1v) is 6.11. The Morgan fingerprint density at radius 2 is 2.14 bits per heavy atom. The molecule has 1 nitrogen and oxygen atoms in total. The highest BCUT2D eigenvalue weighted by molar-refractivity contribution is 7.10. The van der Waals surface area contributed by atoms with Gasteiger partial charge in [0, 0.05) is 10.9 Å². The van der Waals surface area contributed by atoms with E-state index in [0.717, 1.165) is 0 Å². The second-order valence-electron chi connectivity index (χ2n) is 4.55. The van der Waals surface area contributed by atoms with Gasteiger partial charge in [-0.2, -0.15) is 0 Å². The molecule has 0 spiro atoms. The van der Waals surface area contributed by atoms with E-state index in [1.807, 2.05) is 11.3 Å². The summed E-state index contributed by atoms with van der Waals surface area (Å²) < 4.78 is 0. The third-order valence-electron chi connectivity index (χ3n) is 3.07. The SMILES string of the molecule is CCC(C)(C)C(NC)c1csc(C)c1. The van der Waals surface area contributed by atoms with E-state index in [9.17, 15) is 0 Å². The maximum absolute atomic E-state index is 3.43. The van der Waals surface area contributed by atoms with Gasteiger partial charge in [-0.25, -0.2) is 0 Å². The van der Waals surface area contributed by atoms with Crippen molar-refractivity contribution in [1.29, 1.82) is 0 Å². The summed E-state index contributed by atoms with van der Waals surface area (Å²) in [4.78, 5) is 1.40. The molecule has 1 aromatic heterocycles. The third kappa shape index (κ3) is 2.37. The standard InChI is InChI=1S/C12H21NS/c1-6-12(3,4)11(13-5)10-7-9(2)14-8-10/h7-8,11,13H,6H2,1-5H3. The van der Waals surface area contributed by atoms with E-state index in [1.165, 1.54) is 16.9 Å². The minimum Gasteiger partial charge on any atom is -0.313 e. The first-order valence-electron chi connectivity index (χ1n) is 5.23. The molecule has 80 valence electrons. The molecule has 0 aromatic carbocycles. The Hall–Kier alpha value is -0.340. The molecule has 0 saturated carbocycles. The molecule has 1 heterocycles. The molecule has 0 aliphatic heterocycles. The number of hydrogen-bond acceptors (Lipinski definition) is 2. The zero-order chi connectivity index (χ0) is 10.8. The van der Waals surface area contributed by atoms with Gasteiger partial charge < -0.3 is 5.32 Å². The molecule has 1 N–H and O–H groups in total.